The van der Waals surface area contributed by atoms with Gasteiger partial charge in [-0.05, 0) is 43.6 Å². The van der Waals surface area contributed by atoms with Crippen LogP contribution in [0, 0.1) is 46.5 Å². The summed E-state index contributed by atoms with van der Waals surface area (Å²) in [4.78, 5) is 31.6. The molecule has 2 bridgehead atoms. The monoisotopic (exact) mass is 516 g/mol. The van der Waals surface area contributed by atoms with Crippen molar-refractivity contribution in [3.63, 3.8) is 0 Å². The number of hydrogen-bond donors (Lipinski definition) is 2. The van der Waals surface area contributed by atoms with Crippen LogP contribution in [0.25, 0.3) is 33.3 Å². The first-order chi connectivity index (χ1) is 18.4. The molecular weight excluding hydrogens is 497 g/mol. The molecule has 0 amide bonds. The van der Waals surface area contributed by atoms with Gasteiger partial charge in [0.25, 0.3) is 0 Å². The lowest BCUT2D eigenvalue weighted by atomic mass is 9.63. The fourth-order valence-electron chi connectivity index (χ4n) is 5.83. The second-order valence-corrected chi connectivity index (χ2v) is 9.56. The molecule has 0 aliphatic heterocycles. The van der Waals surface area contributed by atoms with Gasteiger partial charge in [-0.3, -0.25) is 4.79 Å². The fraction of sp³-hybridized carbons (Fsp3) is 0.259. The minimum absolute atomic E-state index is 0.00981. The molecule has 3 aromatic heterocycles. The van der Waals surface area contributed by atoms with Crippen LogP contribution in [0.3, 0.4) is 0 Å². The average molecular weight is 516 g/mol. The van der Waals surface area contributed by atoms with Crippen molar-refractivity contribution >= 4 is 28.4 Å². The van der Waals surface area contributed by atoms with Gasteiger partial charge >= 0.3 is 5.97 Å². The van der Waals surface area contributed by atoms with Gasteiger partial charge < -0.3 is 10.1 Å². The number of hydrogen-bond acceptors (Lipinski definition) is 6. The predicted octanol–water partition coefficient (Wildman–Crippen LogP) is 5.57. The van der Waals surface area contributed by atoms with Gasteiger partial charge in [0, 0.05) is 52.4 Å². The van der Waals surface area contributed by atoms with E-state index >= 15 is 4.39 Å². The minimum atomic E-state index is -1.02. The van der Waals surface area contributed by atoms with Gasteiger partial charge in [-0.1, -0.05) is 0 Å². The van der Waals surface area contributed by atoms with Crippen LogP contribution in [0.4, 0.5) is 19.0 Å². The number of nitriles is 1. The Morgan fingerprint density at radius 2 is 1.87 bits per heavy atom. The molecule has 0 spiro atoms. The van der Waals surface area contributed by atoms with Crippen molar-refractivity contribution < 1.29 is 23.1 Å². The van der Waals surface area contributed by atoms with E-state index in [1.54, 1.807) is 0 Å². The molecule has 1 atom stereocenters. The molecule has 4 aromatic rings. The second-order valence-electron chi connectivity index (χ2n) is 9.56. The maximum atomic E-state index is 16.1. The van der Waals surface area contributed by atoms with Crippen molar-refractivity contribution in [1.29, 1.82) is 5.26 Å². The summed E-state index contributed by atoms with van der Waals surface area (Å²) in [6.45, 7) is 0. The van der Waals surface area contributed by atoms with Crippen LogP contribution in [0.1, 0.15) is 31.2 Å². The number of benzene rings is 1. The van der Waals surface area contributed by atoms with Gasteiger partial charge in [-0.2, -0.15) is 5.26 Å². The number of fused-ring (bicyclic) bond motifs is 4. The molecular formula is C27H19F3N6O2. The zero-order chi connectivity index (χ0) is 26.6. The number of H-pyrrole nitrogens is 1. The molecule has 3 fully saturated rings. The molecule has 38 heavy (non-hydrogen) atoms. The van der Waals surface area contributed by atoms with Crippen LogP contribution in [0.2, 0.25) is 0 Å². The molecule has 1 aromatic carbocycles. The van der Waals surface area contributed by atoms with Crippen molar-refractivity contribution in [1.82, 2.24) is 19.9 Å². The SMILES string of the molecule is N#Cc1c(-c2c[nH]c3c(F)cc(F)cc23)nc(N=C2C3CCC(CC3)[C@H]2C(=O)O)c(F)c1-c1cncnc1. The van der Waals surface area contributed by atoms with E-state index in [2.05, 4.69) is 24.9 Å². The maximum Gasteiger partial charge on any atom is 0.312 e. The Kier molecular flexibility index (Phi) is 5.67. The summed E-state index contributed by atoms with van der Waals surface area (Å²) in [7, 11) is 0. The summed E-state index contributed by atoms with van der Waals surface area (Å²) in [5, 5.41) is 20.2. The Bertz CT molecular complexity index is 1670. The van der Waals surface area contributed by atoms with Crippen LogP contribution in [0.5, 0.6) is 0 Å². The zero-order valence-corrected chi connectivity index (χ0v) is 19.8. The number of rotatable bonds is 4. The average Bonchev–Trinajstić information content (AvgIpc) is 3.34. The summed E-state index contributed by atoms with van der Waals surface area (Å²) in [5.41, 5.74) is 0.232. The largest absolute Gasteiger partial charge is 0.481 e. The Morgan fingerprint density at radius 1 is 1.13 bits per heavy atom. The maximum absolute atomic E-state index is 16.1. The van der Waals surface area contributed by atoms with Crippen molar-refractivity contribution in [2.24, 2.45) is 22.7 Å². The molecule has 8 nitrogen and oxygen atoms in total. The number of aromatic nitrogens is 4. The first-order valence-corrected chi connectivity index (χ1v) is 12.0. The van der Waals surface area contributed by atoms with Gasteiger partial charge in [0.1, 0.15) is 24.0 Å². The highest BCUT2D eigenvalue weighted by Crippen LogP contribution is 2.45. The zero-order valence-electron chi connectivity index (χ0n) is 19.8. The molecule has 11 heteroatoms. The highest BCUT2D eigenvalue weighted by atomic mass is 19.1. The summed E-state index contributed by atoms with van der Waals surface area (Å²) in [6, 6.07) is 3.78. The van der Waals surface area contributed by atoms with E-state index in [9.17, 15) is 23.9 Å². The fourth-order valence-corrected chi connectivity index (χ4v) is 5.83. The molecule has 0 unspecified atom stereocenters. The van der Waals surface area contributed by atoms with E-state index in [0.717, 1.165) is 37.8 Å². The topological polar surface area (TPSA) is 128 Å². The van der Waals surface area contributed by atoms with Gasteiger partial charge in [0.2, 0.25) is 0 Å². The van der Waals surface area contributed by atoms with Crippen molar-refractivity contribution in [2.45, 2.75) is 25.7 Å². The quantitative estimate of drug-likeness (QED) is 0.365. The Morgan fingerprint density at radius 3 is 2.55 bits per heavy atom. The van der Waals surface area contributed by atoms with E-state index in [-0.39, 0.29) is 50.7 Å². The van der Waals surface area contributed by atoms with Crippen LogP contribution >= 0.6 is 0 Å². The van der Waals surface area contributed by atoms with Crippen LogP contribution in [-0.4, -0.2) is 36.7 Å². The third-order valence-corrected chi connectivity index (χ3v) is 7.52. The smallest absolute Gasteiger partial charge is 0.312 e. The summed E-state index contributed by atoms with van der Waals surface area (Å²) < 4.78 is 44.8. The van der Waals surface area contributed by atoms with Crippen LogP contribution in [-0.2, 0) is 4.79 Å². The number of carboxylic acid groups (broad SMARTS) is 1. The number of nitrogens with zero attached hydrogens (tertiary/aromatic N) is 5. The van der Waals surface area contributed by atoms with E-state index < -0.39 is 35.2 Å². The van der Waals surface area contributed by atoms with Crippen LogP contribution in [0.15, 0.2) is 42.0 Å². The summed E-state index contributed by atoms with van der Waals surface area (Å²) in [5.74, 6) is -5.12. The highest BCUT2D eigenvalue weighted by molar-refractivity contribution is 6.05. The Hall–Kier alpha value is -4.59. The standard InChI is InChI=1S/C27H19F3N6O2/c28-15-5-16-18(10-34-25(16)19(29)6-15)24-17(7-31)20(14-8-32-11-33-9-14)22(30)26(36-24)35-23-13-3-1-12(2-4-13)21(23)27(37)38/h5-6,8-13,21,34H,1-4H2,(H,37,38)/t12?,13?,21-/m1/s1. The first-order valence-electron chi connectivity index (χ1n) is 12.0. The first kappa shape index (κ1) is 23.8. The lowest BCUT2D eigenvalue weighted by molar-refractivity contribution is -0.142. The van der Waals surface area contributed by atoms with Gasteiger partial charge in [0.15, 0.2) is 11.6 Å². The van der Waals surface area contributed by atoms with E-state index in [0.29, 0.717) is 5.71 Å². The molecule has 2 N–H and O–H groups in total. The number of carboxylic acids is 1. The number of aromatic amines is 1. The minimum Gasteiger partial charge on any atom is -0.481 e. The summed E-state index contributed by atoms with van der Waals surface area (Å²) in [6.07, 6.45) is 8.27. The highest BCUT2D eigenvalue weighted by Gasteiger charge is 2.45. The van der Waals surface area contributed by atoms with Crippen molar-refractivity contribution in [3.05, 3.63) is 60.1 Å². The van der Waals surface area contributed by atoms with Crippen LogP contribution < -0.4 is 0 Å². The normalized spacial score (nSPS) is 21.6. The summed E-state index contributed by atoms with van der Waals surface area (Å²) >= 11 is 0. The Labute approximate surface area is 213 Å². The number of carbonyl (C=O) groups is 1. The number of pyridine rings is 1. The Balaban J connectivity index is 1.66. The predicted molar refractivity (Wildman–Crippen MR) is 131 cm³/mol. The van der Waals surface area contributed by atoms with Crippen molar-refractivity contribution in [2.75, 3.05) is 0 Å². The van der Waals surface area contributed by atoms with Gasteiger partial charge in [0.05, 0.1) is 22.7 Å². The molecule has 0 saturated heterocycles. The third-order valence-electron chi connectivity index (χ3n) is 7.52. The number of nitrogens with one attached hydrogen (secondary N) is 1. The van der Waals surface area contributed by atoms with Gasteiger partial charge in [-0.15, -0.1) is 0 Å². The number of halogens is 3. The number of aliphatic imine (C=N–C) groups is 1. The molecule has 3 heterocycles. The molecule has 0 radical (unpaired) electrons. The molecule has 3 aliphatic rings. The van der Waals surface area contributed by atoms with E-state index in [1.807, 2.05) is 6.07 Å². The van der Waals surface area contributed by atoms with E-state index in [4.69, 9.17) is 0 Å². The third kappa shape index (κ3) is 3.72. The molecule has 3 saturated carbocycles. The van der Waals surface area contributed by atoms with Gasteiger partial charge in [-0.25, -0.2) is 33.1 Å². The lowest BCUT2D eigenvalue weighted by Crippen LogP contribution is -2.44. The number of aliphatic carboxylic acids is 1. The van der Waals surface area contributed by atoms with E-state index in [1.165, 1.54) is 24.9 Å². The molecule has 7 rings (SSSR count). The van der Waals surface area contributed by atoms with Crippen molar-refractivity contribution in [3.8, 4) is 28.5 Å². The second kappa shape index (κ2) is 9.06. The lowest BCUT2D eigenvalue weighted by Gasteiger charge is -2.41. The molecule has 3 aliphatic carbocycles. The molecule has 190 valence electrons.